The van der Waals surface area contributed by atoms with Crippen molar-refractivity contribution >= 4 is 34.9 Å². The van der Waals surface area contributed by atoms with Gasteiger partial charge in [0.05, 0.1) is 12.3 Å². The number of carbonyl (C=O) groups excluding carboxylic acids is 2. The number of amides is 1. The molecule has 1 N–H and O–H groups in total. The number of hydrogen-bond donors (Lipinski definition) is 1. The van der Waals surface area contributed by atoms with Crippen LogP contribution in [-0.2, 0) is 20.9 Å². The van der Waals surface area contributed by atoms with Crippen molar-refractivity contribution in [3.63, 3.8) is 0 Å². The van der Waals surface area contributed by atoms with E-state index in [1.807, 2.05) is 42.5 Å². The van der Waals surface area contributed by atoms with Gasteiger partial charge in [-0.25, -0.2) is 4.79 Å². The van der Waals surface area contributed by atoms with Crippen LogP contribution >= 0.6 is 11.6 Å². The summed E-state index contributed by atoms with van der Waals surface area (Å²) in [4.78, 5) is 27.9. The third kappa shape index (κ3) is 5.92. The lowest BCUT2D eigenvalue weighted by molar-refractivity contribution is -0.135. The minimum absolute atomic E-state index is 0.100. The first-order valence-corrected chi connectivity index (χ1v) is 11.8. The van der Waals surface area contributed by atoms with Crippen LogP contribution < -0.4 is 10.3 Å². The first kappa shape index (κ1) is 23.3. The van der Waals surface area contributed by atoms with E-state index in [0.29, 0.717) is 0 Å². The number of benzene rings is 2. The van der Waals surface area contributed by atoms with Gasteiger partial charge < -0.3 is 10.1 Å². The average molecular weight is 469 g/mol. The number of nitrogens with zero attached hydrogens (tertiary/aromatic N) is 3. The molecule has 33 heavy (non-hydrogen) atoms. The smallest absolute Gasteiger partial charge is 0.354 e. The van der Waals surface area contributed by atoms with Gasteiger partial charge in [0.15, 0.2) is 0 Å². The minimum atomic E-state index is -0.570. The first-order valence-electron chi connectivity index (χ1n) is 11.4. The maximum Gasteiger partial charge on any atom is 0.354 e. The normalized spacial score (nSPS) is 19.3. The number of likely N-dealkylation sites (tertiary alicyclic amines) is 1. The van der Waals surface area contributed by atoms with Crippen molar-refractivity contribution in [2.24, 2.45) is 5.10 Å². The number of nitrogens with one attached hydrogen (secondary N) is 1. The van der Waals surface area contributed by atoms with Gasteiger partial charge in [-0.05, 0) is 49.6 Å². The highest BCUT2D eigenvalue weighted by Gasteiger charge is 2.37. The highest BCUT2D eigenvalue weighted by molar-refractivity contribution is 6.38. The number of carbonyl (C=O) groups is 2. The monoisotopic (exact) mass is 468 g/mol. The number of piperidine rings is 1. The topological polar surface area (TPSA) is 74.2 Å². The number of hydrogen-bond acceptors (Lipinski definition) is 6. The molecule has 8 heteroatoms. The Labute approximate surface area is 199 Å². The molecule has 4 rings (SSSR count). The van der Waals surface area contributed by atoms with Crippen LogP contribution in [-0.4, -0.2) is 54.3 Å². The number of anilines is 1. The van der Waals surface area contributed by atoms with Crippen molar-refractivity contribution < 1.29 is 14.3 Å². The van der Waals surface area contributed by atoms with Crippen molar-refractivity contribution in [1.29, 1.82) is 0 Å². The van der Waals surface area contributed by atoms with Gasteiger partial charge in [-0.15, -0.1) is 0 Å². The van der Waals surface area contributed by atoms with Crippen molar-refractivity contribution in [3.8, 4) is 0 Å². The van der Waals surface area contributed by atoms with E-state index in [9.17, 15) is 9.59 Å². The first-order chi connectivity index (χ1) is 16.0. The number of esters is 1. The average Bonchev–Trinajstić information content (AvgIpc) is 3.29. The van der Waals surface area contributed by atoms with Crippen LogP contribution in [0.2, 0.25) is 5.02 Å². The van der Waals surface area contributed by atoms with Gasteiger partial charge in [0.25, 0.3) is 0 Å². The molecule has 0 aliphatic carbocycles. The van der Waals surface area contributed by atoms with Crippen LogP contribution in [0.1, 0.15) is 31.7 Å². The molecule has 2 aliphatic heterocycles. The zero-order valence-electron chi connectivity index (χ0n) is 18.7. The van der Waals surface area contributed by atoms with Crippen LogP contribution in [0.3, 0.4) is 0 Å². The van der Waals surface area contributed by atoms with Gasteiger partial charge in [0, 0.05) is 37.1 Å². The zero-order chi connectivity index (χ0) is 23.2. The molecule has 0 saturated carbocycles. The summed E-state index contributed by atoms with van der Waals surface area (Å²) in [7, 11) is 0. The van der Waals surface area contributed by atoms with Gasteiger partial charge in [0.1, 0.15) is 11.8 Å². The van der Waals surface area contributed by atoms with Crippen LogP contribution in [0.25, 0.3) is 0 Å². The molecule has 2 aromatic rings. The van der Waals surface area contributed by atoms with Crippen molar-refractivity contribution in [3.05, 3.63) is 65.2 Å². The second-order valence-corrected chi connectivity index (χ2v) is 8.79. The van der Waals surface area contributed by atoms with Gasteiger partial charge in [-0.2, -0.15) is 5.10 Å². The Kier molecular flexibility index (Phi) is 7.62. The molecule has 174 valence electrons. The van der Waals surface area contributed by atoms with E-state index in [1.165, 1.54) is 5.56 Å². The Morgan fingerprint density at radius 2 is 1.79 bits per heavy atom. The number of rotatable bonds is 7. The summed E-state index contributed by atoms with van der Waals surface area (Å²) in [5.41, 5.74) is 2.28. The van der Waals surface area contributed by atoms with Crippen LogP contribution in [0, 0.1) is 0 Å². The van der Waals surface area contributed by atoms with Crippen LogP contribution in [0.15, 0.2) is 59.7 Å². The third-order valence-corrected chi connectivity index (χ3v) is 6.25. The van der Waals surface area contributed by atoms with Crippen LogP contribution in [0.5, 0.6) is 0 Å². The predicted octanol–water partition coefficient (Wildman–Crippen LogP) is 3.62. The molecule has 1 saturated heterocycles. The predicted molar refractivity (Wildman–Crippen MR) is 129 cm³/mol. The Morgan fingerprint density at radius 1 is 1.09 bits per heavy atom. The van der Waals surface area contributed by atoms with Gasteiger partial charge >= 0.3 is 5.97 Å². The fourth-order valence-electron chi connectivity index (χ4n) is 4.25. The van der Waals surface area contributed by atoms with Crippen LogP contribution in [0.4, 0.5) is 5.69 Å². The molecule has 1 atom stereocenters. The SMILES string of the molecule is CCOC(=O)C1=NN(c2ccccc2)C(C(=O)NC2CCN(Cc3ccc(Cl)cc3)CC2)C1. The van der Waals surface area contributed by atoms with E-state index < -0.39 is 12.0 Å². The second-order valence-electron chi connectivity index (χ2n) is 8.35. The van der Waals surface area contributed by atoms with Crippen molar-refractivity contribution in [1.82, 2.24) is 10.2 Å². The lowest BCUT2D eigenvalue weighted by Crippen LogP contribution is -2.50. The maximum atomic E-state index is 13.2. The van der Waals surface area contributed by atoms with E-state index in [0.717, 1.165) is 43.2 Å². The summed E-state index contributed by atoms with van der Waals surface area (Å²) in [5, 5.41) is 10.0. The summed E-state index contributed by atoms with van der Waals surface area (Å²) in [6, 6.07) is 16.9. The molecule has 7 nitrogen and oxygen atoms in total. The second kappa shape index (κ2) is 10.8. The number of hydrazone groups is 1. The zero-order valence-corrected chi connectivity index (χ0v) is 19.5. The standard InChI is InChI=1S/C25H29ClN4O3/c1-2-33-25(32)22-16-23(30(28-22)21-6-4-3-5-7-21)24(31)27-20-12-14-29(15-13-20)17-18-8-10-19(26)11-9-18/h3-11,20,23H,2,12-17H2,1H3,(H,27,31). The summed E-state index contributed by atoms with van der Waals surface area (Å²) in [5.74, 6) is -0.581. The highest BCUT2D eigenvalue weighted by Crippen LogP contribution is 2.25. The summed E-state index contributed by atoms with van der Waals surface area (Å²) in [6.45, 7) is 4.72. The molecule has 1 unspecified atom stereocenters. The molecular formula is C25H29ClN4O3. The Bertz CT molecular complexity index is 988. The molecule has 0 aromatic heterocycles. The fraction of sp³-hybridized carbons (Fsp3) is 0.400. The van der Waals surface area contributed by atoms with E-state index in [-0.39, 0.29) is 30.7 Å². The van der Waals surface area contributed by atoms with Crippen molar-refractivity contribution in [2.45, 2.75) is 44.8 Å². The Morgan fingerprint density at radius 3 is 2.45 bits per heavy atom. The number of halogens is 1. The summed E-state index contributed by atoms with van der Waals surface area (Å²) in [6.07, 6.45) is 1.99. The molecular weight excluding hydrogens is 440 g/mol. The highest BCUT2D eigenvalue weighted by atomic mass is 35.5. The summed E-state index contributed by atoms with van der Waals surface area (Å²) < 4.78 is 5.11. The molecule has 2 aliphatic rings. The Hall–Kier alpha value is -2.90. The summed E-state index contributed by atoms with van der Waals surface area (Å²) >= 11 is 5.98. The van der Waals surface area contributed by atoms with Gasteiger partial charge in [-0.1, -0.05) is 41.9 Å². The van der Waals surface area contributed by atoms with E-state index in [1.54, 1.807) is 11.9 Å². The molecule has 0 radical (unpaired) electrons. The fourth-order valence-corrected chi connectivity index (χ4v) is 4.38. The third-order valence-electron chi connectivity index (χ3n) is 6.00. The largest absolute Gasteiger partial charge is 0.461 e. The van der Waals surface area contributed by atoms with E-state index >= 15 is 0 Å². The lowest BCUT2D eigenvalue weighted by Gasteiger charge is -2.33. The van der Waals surface area contributed by atoms with Crippen molar-refractivity contribution in [2.75, 3.05) is 24.7 Å². The number of ether oxygens (including phenoxy) is 1. The maximum absolute atomic E-state index is 13.2. The molecule has 2 heterocycles. The van der Waals surface area contributed by atoms with Gasteiger partial charge in [0.2, 0.25) is 5.91 Å². The molecule has 2 aromatic carbocycles. The Balaban J connectivity index is 1.35. The van der Waals surface area contributed by atoms with E-state index in [4.69, 9.17) is 16.3 Å². The lowest BCUT2D eigenvalue weighted by atomic mass is 10.0. The molecule has 0 spiro atoms. The van der Waals surface area contributed by atoms with Gasteiger partial charge in [-0.3, -0.25) is 14.7 Å². The van der Waals surface area contributed by atoms with E-state index in [2.05, 4.69) is 27.5 Å². The molecule has 1 amide bonds. The molecule has 1 fully saturated rings. The molecule has 0 bridgehead atoms. The quantitative estimate of drug-likeness (QED) is 0.628. The minimum Gasteiger partial charge on any atom is -0.461 e. The number of para-hydroxylation sites is 1.